The number of hydrogen-bond donors (Lipinski definition) is 1. The van der Waals surface area contributed by atoms with Gasteiger partial charge in [0.2, 0.25) is 11.8 Å². The van der Waals surface area contributed by atoms with E-state index in [9.17, 15) is 18.0 Å². The molecular formula is C30H36ClN3O5S. The minimum Gasteiger partial charge on any atom is -0.494 e. The van der Waals surface area contributed by atoms with Crippen LogP contribution in [0.2, 0.25) is 5.02 Å². The first-order valence-corrected chi connectivity index (χ1v) is 15.0. The van der Waals surface area contributed by atoms with Gasteiger partial charge in [-0.2, -0.15) is 0 Å². The number of halogens is 1. The van der Waals surface area contributed by atoms with Crippen LogP contribution in [0, 0.1) is 0 Å². The molecule has 40 heavy (non-hydrogen) atoms. The number of benzene rings is 3. The molecule has 0 aliphatic carbocycles. The van der Waals surface area contributed by atoms with Gasteiger partial charge in [0.15, 0.2) is 0 Å². The van der Waals surface area contributed by atoms with Crippen LogP contribution in [0.3, 0.4) is 0 Å². The van der Waals surface area contributed by atoms with E-state index in [2.05, 4.69) is 5.32 Å². The third-order valence-corrected chi connectivity index (χ3v) is 8.48. The largest absolute Gasteiger partial charge is 0.494 e. The minimum atomic E-state index is -4.15. The highest BCUT2D eigenvalue weighted by molar-refractivity contribution is 7.92. The van der Waals surface area contributed by atoms with Crippen molar-refractivity contribution in [2.45, 2.75) is 57.6 Å². The van der Waals surface area contributed by atoms with E-state index in [4.69, 9.17) is 16.3 Å². The van der Waals surface area contributed by atoms with Crippen molar-refractivity contribution in [3.8, 4) is 5.75 Å². The van der Waals surface area contributed by atoms with Crippen molar-refractivity contribution in [1.29, 1.82) is 0 Å². The maximum Gasteiger partial charge on any atom is 0.264 e. The molecule has 2 unspecified atom stereocenters. The van der Waals surface area contributed by atoms with Crippen LogP contribution >= 0.6 is 11.6 Å². The SMILES string of the molecule is CCOc1ccc(S(=O)(=O)N(CC(=O)N(Cc2cccc(Cl)c2)C(C)C(=O)NC(C)CC)c2ccccc2)cc1. The minimum absolute atomic E-state index is 0.0107. The smallest absolute Gasteiger partial charge is 0.264 e. The standard InChI is InChI=1S/C30H36ClN3O5S/c1-5-22(3)32-30(36)23(4)33(20-24-11-10-12-25(31)19-24)29(35)21-34(26-13-8-7-9-14-26)40(37,38)28-17-15-27(16-18-28)39-6-2/h7-19,22-23H,5-6,20-21H2,1-4H3,(H,32,36). The third kappa shape index (κ3) is 7.99. The highest BCUT2D eigenvalue weighted by Gasteiger charge is 2.32. The summed E-state index contributed by atoms with van der Waals surface area (Å²) in [5.41, 5.74) is 1.04. The van der Waals surface area contributed by atoms with E-state index in [1.54, 1.807) is 73.7 Å². The van der Waals surface area contributed by atoms with E-state index >= 15 is 0 Å². The number of rotatable bonds is 13. The summed E-state index contributed by atoms with van der Waals surface area (Å²) in [6, 6.07) is 20.5. The van der Waals surface area contributed by atoms with Gasteiger partial charge < -0.3 is 15.0 Å². The molecule has 1 N–H and O–H groups in total. The molecule has 0 aliphatic heterocycles. The average molecular weight is 586 g/mol. The van der Waals surface area contributed by atoms with Crippen LogP contribution < -0.4 is 14.4 Å². The lowest BCUT2D eigenvalue weighted by Crippen LogP contribution is -2.52. The van der Waals surface area contributed by atoms with Crippen molar-refractivity contribution in [3.63, 3.8) is 0 Å². The van der Waals surface area contributed by atoms with E-state index in [1.807, 2.05) is 20.8 Å². The number of hydrogen-bond acceptors (Lipinski definition) is 5. The van der Waals surface area contributed by atoms with Crippen LogP contribution in [0.25, 0.3) is 0 Å². The van der Waals surface area contributed by atoms with Gasteiger partial charge in [0, 0.05) is 17.6 Å². The van der Waals surface area contributed by atoms with E-state index in [1.165, 1.54) is 17.0 Å². The van der Waals surface area contributed by atoms with Crippen molar-refractivity contribution in [2.75, 3.05) is 17.5 Å². The number of nitrogens with one attached hydrogen (secondary N) is 1. The van der Waals surface area contributed by atoms with Gasteiger partial charge in [-0.25, -0.2) is 8.42 Å². The fourth-order valence-corrected chi connectivity index (χ4v) is 5.63. The van der Waals surface area contributed by atoms with Gasteiger partial charge in [-0.05, 0) is 81.3 Å². The van der Waals surface area contributed by atoms with Crippen molar-refractivity contribution >= 4 is 39.1 Å². The molecule has 2 atom stereocenters. The topological polar surface area (TPSA) is 96.0 Å². The Morgan fingerprint density at radius 3 is 2.23 bits per heavy atom. The Balaban J connectivity index is 1.99. The van der Waals surface area contributed by atoms with Crippen LogP contribution in [-0.4, -0.2) is 50.4 Å². The van der Waals surface area contributed by atoms with E-state index in [-0.39, 0.29) is 23.4 Å². The summed E-state index contributed by atoms with van der Waals surface area (Å²) in [6.45, 7) is 7.31. The number of carbonyl (C=O) groups is 2. The molecule has 0 heterocycles. The Morgan fingerprint density at radius 1 is 0.950 bits per heavy atom. The first kappa shape index (κ1) is 31.0. The van der Waals surface area contributed by atoms with E-state index < -0.39 is 28.5 Å². The van der Waals surface area contributed by atoms with Gasteiger partial charge in [0.05, 0.1) is 17.2 Å². The number of amides is 2. The summed E-state index contributed by atoms with van der Waals surface area (Å²) in [7, 11) is -4.15. The highest BCUT2D eigenvalue weighted by atomic mass is 35.5. The molecule has 0 fully saturated rings. The van der Waals surface area contributed by atoms with Gasteiger partial charge in [-0.15, -0.1) is 0 Å². The Hall–Kier alpha value is -3.56. The van der Waals surface area contributed by atoms with Gasteiger partial charge in [0.1, 0.15) is 18.3 Å². The van der Waals surface area contributed by atoms with Gasteiger partial charge in [-0.3, -0.25) is 13.9 Å². The van der Waals surface area contributed by atoms with Crippen LogP contribution in [0.1, 0.15) is 39.7 Å². The van der Waals surface area contributed by atoms with Crippen LogP contribution in [0.4, 0.5) is 5.69 Å². The fourth-order valence-electron chi connectivity index (χ4n) is 4.00. The maximum absolute atomic E-state index is 13.9. The number of ether oxygens (including phenoxy) is 1. The van der Waals surface area contributed by atoms with Crippen LogP contribution in [0.15, 0.2) is 83.8 Å². The quantitative estimate of drug-likeness (QED) is 0.295. The molecule has 0 saturated carbocycles. The molecule has 0 aliphatic rings. The zero-order valence-corrected chi connectivity index (χ0v) is 24.8. The predicted octanol–water partition coefficient (Wildman–Crippen LogP) is 5.27. The molecule has 0 radical (unpaired) electrons. The van der Waals surface area contributed by atoms with E-state index in [0.29, 0.717) is 28.6 Å². The molecule has 0 aromatic heterocycles. The summed E-state index contributed by atoms with van der Waals surface area (Å²) in [5, 5.41) is 3.41. The Bertz CT molecular complexity index is 1380. The molecule has 3 aromatic rings. The first-order chi connectivity index (χ1) is 19.1. The zero-order valence-electron chi connectivity index (χ0n) is 23.2. The summed E-state index contributed by atoms with van der Waals surface area (Å²) < 4.78 is 34.2. The first-order valence-electron chi connectivity index (χ1n) is 13.2. The number of sulfonamides is 1. The lowest BCUT2D eigenvalue weighted by atomic mass is 10.1. The molecule has 3 aromatic carbocycles. The van der Waals surface area contributed by atoms with Crippen molar-refractivity contribution < 1.29 is 22.7 Å². The Labute approximate surface area is 241 Å². The van der Waals surface area contributed by atoms with Gasteiger partial charge >= 0.3 is 0 Å². The Kier molecular flexibility index (Phi) is 11.0. The molecule has 214 valence electrons. The third-order valence-electron chi connectivity index (χ3n) is 6.46. The molecule has 2 amide bonds. The molecule has 0 bridgehead atoms. The molecule has 10 heteroatoms. The van der Waals surface area contributed by atoms with Gasteiger partial charge in [-0.1, -0.05) is 48.9 Å². The molecule has 8 nitrogen and oxygen atoms in total. The van der Waals surface area contributed by atoms with Crippen molar-refractivity contribution in [1.82, 2.24) is 10.2 Å². The maximum atomic E-state index is 13.9. The number of para-hydroxylation sites is 1. The lowest BCUT2D eigenvalue weighted by Gasteiger charge is -2.32. The molecular weight excluding hydrogens is 550 g/mol. The Morgan fingerprint density at radius 2 is 1.62 bits per heavy atom. The second kappa shape index (κ2) is 14.2. The van der Waals surface area contributed by atoms with E-state index in [0.717, 1.165) is 10.7 Å². The lowest BCUT2D eigenvalue weighted by molar-refractivity contribution is -0.139. The fraction of sp³-hybridized carbons (Fsp3) is 0.333. The second-order valence-corrected chi connectivity index (χ2v) is 11.7. The average Bonchev–Trinajstić information content (AvgIpc) is 2.95. The molecule has 3 rings (SSSR count). The predicted molar refractivity (Wildman–Crippen MR) is 158 cm³/mol. The van der Waals surface area contributed by atoms with Crippen molar-refractivity contribution in [2.24, 2.45) is 0 Å². The number of carbonyl (C=O) groups excluding carboxylic acids is 2. The number of nitrogens with zero attached hydrogens (tertiary/aromatic N) is 2. The zero-order chi connectivity index (χ0) is 29.3. The monoisotopic (exact) mass is 585 g/mol. The van der Waals surface area contributed by atoms with Crippen LogP contribution in [0.5, 0.6) is 5.75 Å². The van der Waals surface area contributed by atoms with Gasteiger partial charge in [0.25, 0.3) is 10.0 Å². The summed E-state index contributed by atoms with van der Waals surface area (Å²) >= 11 is 6.18. The highest BCUT2D eigenvalue weighted by Crippen LogP contribution is 2.26. The van der Waals surface area contributed by atoms with Crippen molar-refractivity contribution in [3.05, 3.63) is 89.4 Å². The summed E-state index contributed by atoms with van der Waals surface area (Å²) in [4.78, 5) is 28.4. The van der Waals surface area contributed by atoms with Crippen LogP contribution in [-0.2, 0) is 26.2 Å². The summed E-state index contributed by atoms with van der Waals surface area (Å²) in [6.07, 6.45) is 0.725. The summed E-state index contributed by atoms with van der Waals surface area (Å²) in [5.74, 6) is -0.326. The molecule has 0 spiro atoms. The second-order valence-electron chi connectivity index (χ2n) is 9.40. The number of anilines is 1. The molecule has 0 saturated heterocycles. The normalized spacial score (nSPS) is 12.7.